The summed E-state index contributed by atoms with van der Waals surface area (Å²) in [6.45, 7) is 9.54. The van der Waals surface area contributed by atoms with E-state index in [9.17, 15) is 0 Å². The van der Waals surface area contributed by atoms with Gasteiger partial charge in [0.2, 0.25) is 0 Å². The van der Waals surface area contributed by atoms with Crippen LogP contribution in [0.3, 0.4) is 0 Å². The van der Waals surface area contributed by atoms with E-state index in [1.807, 2.05) is 0 Å². The van der Waals surface area contributed by atoms with Crippen molar-refractivity contribution in [3.8, 4) is 0 Å². The van der Waals surface area contributed by atoms with E-state index in [1.54, 1.807) is 10.7 Å². The van der Waals surface area contributed by atoms with Gasteiger partial charge in [0.1, 0.15) is 19.6 Å². The third-order valence-electron chi connectivity index (χ3n) is 5.71. The maximum absolute atomic E-state index is 2.63. The van der Waals surface area contributed by atoms with Gasteiger partial charge in [0.15, 0.2) is 6.54 Å². The highest BCUT2D eigenvalue weighted by atomic mass is 35.5. The van der Waals surface area contributed by atoms with Crippen molar-refractivity contribution in [2.45, 2.75) is 84.6 Å². The zero-order chi connectivity index (χ0) is 17.7. The smallest absolute Gasteiger partial charge is 0.333 e. The van der Waals surface area contributed by atoms with Crippen molar-refractivity contribution < 1.29 is 21.9 Å². The molecule has 1 heterocycles. The first-order valence-corrected chi connectivity index (χ1v) is 10.8. The van der Waals surface area contributed by atoms with Gasteiger partial charge in [-0.05, 0) is 6.42 Å². The average molecular weight is 380 g/mol. The van der Waals surface area contributed by atoms with Gasteiger partial charge in [0.05, 0.1) is 6.92 Å². The summed E-state index contributed by atoms with van der Waals surface area (Å²) in [5, 5.41) is 0. The van der Waals surface area contributed by atoms with Crippen LogP contribution in [0, 0.1) is 0 Å². The fourth-order valence-corrected chi connectivity index (χ4v) is 3.97. The van der Waals surface area contributed by atoms with Crippen molar-refractivity contribution in [2.75, 3.05) is 19.6 Å². The molecule has 0 saturated carbocycles. The molecule has 2 rings (SSSR count). The molecule has 1 aliphatic rings. The molecule has 1 N–H and O–H groups in total. The highest BCUT2D eigenvalue weighted by Gasteiger charge is 2.30. The number of nitrogens with zero attached hydrogens (tertiary/aromatic N) is 1. The summed E-state index contributed by atoms with van der Waals surface area (Å²) in [6, 6.07) is 10.9. The highest BCUT2D eigenvalue weighted by Crippen LogP contribution is 2.10. The van der Waals surface area contributed by atoms with Crippen molar-refractivity contribution in [1.82, 2.24) is 0 Å². The fourth-order valence-electron chi connectivity index (χ4n) is 3.97. The van der Waals surface area contributed by atoms with E-state index in [-0.39, 0.29) is 12.4 Å². The Bertz CT molecular complexity index is 498. The van der Waals surface area contributed by atoms with Crippen LogP contribution in [-0.4, -0.2) is 30.0 Å². The second kappa shape index (κ2) is 14.2. The van der Waals surface area contributed by atoms with Gasteiger partial charge in [-0.3, -0.25) is 0 Å². The SMILES string of the molecule is CCCCCCCCCCCC[N+]1=C(C)[NH+](Cc2ccccc2)CC1.[Cl-]. The monoisotopic (exact) mass is 379 g/mol. The Kier molecular flexibility index (Phi) is 12.7. The van der Waals surface area contributed by atoms with Crippen molar-refractivity contribution in [3.05, 3.63) is 35.9 Å². The summed E-state index contributed by atoms with van der Waals surface area (Å²) in [6.07, 6.45) is 14.2. The molecule has 0 aromatic heterocycles. The van der Waals surface area contributed by atoms with Crippen LogP contribution in [0.15, 0.2) is 30.3 Å². The Balaban J connectivity index is 0.00000338. The van der Waals surface area contributed by atoms with Crippen LogP contribution >= 0.6 is 0 Å². The van der Waals surface area contributed by atoms with Crippen LogP contribution in [0.5, 0.6) is 0 Å². The first kappa shape index (κ1) is 23.2. The molecule has 0 radical (unpaired) electrons. The van der Waals surface area contributed by atoms with Gasteiger partial charge >= 0.3 is 5.84 Å². The molecule has 0 amide bonds. The maximum atomic E-state index is 2.63. The predicted molar refractivity (Wildman–Crippen MR) is 108 cm³/mol. The van der Waals surface area contributed by atoms with Crippen LogP contribution < -0.4 is 17.3 Å². The number of unbranched alkanes of at least 4 members (excludes halogenated alkanes) is 9. The summed E-state index contributed by atoms with van der Waals surface area (Å²) in [7, 11) is 0. The fraction of sp³-hybridized carbons (Fsp3) is 0.696. The third kappa shape index (κ3) is 8.68. The minimum Gasteiger partial charge on any atom is -1.00 e. The van der Waals surface area contributed by atoms with E-state index in [2.05, 4.69) is 48.8 Å². The number of rotatable bonds is 13. The van der Waals surface area contributed by atoms with Crippen molar-refractivity contribution in [2.24, 2.45) is 0 Å². The lowest BCUT2D eigenvalue weighted by atomic mass is 10.1. The van der Waals surface area contributed by atoms with E-state index in [1.165, 1.54) is 89.4 Å². The molecule has 0 spiro atoms. The predicted octanol–water partition coefficient (Wildman–Crippen LogP) is 1.44. The summed E-state index contributed by atoms with van der Waals surface area (Å²) in [5.74, 6) is 1.56. The van der Waals surface area contributed by atoms with E-state index < -0.39 is 0 Å². The molecule has 0 saturated heterocycles. The van der Waals surface area contributed by atoms with Gasteiger partial charge in [-0.2, -0.15) is 4.58 Å². The Morgan fingerprint density at radius 2 is 1.42 bits per heavy atom. The lowest BCUT2D eigenvalue weighted by molar-refractivity contribution is -0.817. The van der Waals surface area contributed by atoms with Crippen molar-refractivity contribution in [3.63, 3.8) is 0 Å². The number of halogens is 1. The molecule has 0 bridgehead atoms. The third-order valence-corrected chi connectivity index (χ3v) is 5.71. The molecule has 2 nitrogen and oxygen atoms in total. The Labute approximate surface area is 168 Å². The van der Waals surface area contributed by atoms with Gasteiger partial charge in [0, 0.05) is 12.0 Å². The number of nitrogens with one attached hydrogen (secondary N) is 1. The molecule has 26 heavy (non-hydrogen) atoms. The summed E-state index contributed by atoms with van der Waals surface area (Å²) < 4.78 is 2.63. The van der Waals surface area contributed by atoms with Crippen LogP contribution in [0.2, 0.25) is 0 Å². The normalized spacial score (nSPS) is 16.8. The highest BCUT2D eigenvalue weighted by molar-refractivity contribution is 5.65. The van der Waals surface area contributed by atoms with Gasteiger partial charge < -0.3 is 12.4 Å². The van der Waals surface area contributed by atoms with Crippen LogP contribution in [0.25, 0.3) is 0 Å². The summed E-state index contributed by atoms with van der Waals surface area (Å²) in [4.78, 5) is 1.65. The minimum absolute atomic E-state index is 0. The molecule has 148 valence electrons. The van der Waals surface area contributed by atoms with Crippen molar-refractivity contribution >= 4 is 5.84 Å². The number of amidine groups is 1. The molecule has 1 unspecified atom stereocenters. The molecule has 0 fully saturated rings. The Morgan fingerprint density at radius 1 is 0.846 bits per heavy atom. The Morgan fingerprint density at radius 3 is 2.04 bits per heavy atom. The van der Waals surface area contributed by atoms with Crippen LogP contribution in [0.1, 0.15) is 83.6 Å². The van der Waals surface area contributed by atoms with Crippen molar-refractivity contribution in [1.29, 1.82) is 0 Å². The maximum Gasteiger partial charge on any atom is 0.333 e. The zero-order valence-electron chi connectivity index (χ0n) is 17.1. The molecule has 0 aliphatic carbocycles. The lowest BCUT2D eigenvalue weighted by Crippen LogP contribution is -3.11. The van der Waals surface area contributed by atoms with Crippen LogP contribution in [0.4, 0.5) is 0 Å². The van der Waals surface area contributed by atoms with Gasteiger partial charge in [-0.15, -0.1) is 0 Å². The van der Waals surface area contributed by atoms with E-state index in [0.29, 0.717) is 0 Å². The van der Waals surface area contributed by atoms with E-state index in [4.69, 9.17) is 0 Å². The topological polar surface area (TPSA) is 7.45 Å². The van der Waals surface area contributed by atoms with Gasteiger partial charge in [-0.25, -0.2) is 4.90 Å². The number of quaternary nitrogens is 1. The Hall–Kier alpha value is -0.860. The minimum atomic E-state index is 0. The second-order valence-corrected chi connectivity index (χ2v) is 7.77. The van der Waals surface area contributed by atoms with Gasteiger partial charge in [-0.1, -0.05) is 88.6 Å². The number of hydrogen-bond donors (Lipinski definition) is 1. The average Bonchev–Trinajstić information content (AvgIpc) is 2.97. The molecule has 1 atom stereocenters. The molecule has 1 aromatic rings. The van der Waals surface area contributed by atoms with E-state index in [0.717, 1.165) is 6.54 Å². The molecule has 1 aromatic carbocycles. The molecular formula is C23H40ClN2+. The lowest BCUT2D eigenvalue weighted by Gasteiger charge is -2.08. The first-order valence-electron chi connectivity index (χ1n) is 10.8. The zero-order valence-corrected chi connectivity index (χ0v) is 17.9. The molecule has 3 heteroatoms. The number of hydrogen-bond acceptors (Lipinski definition) is 0. The van der Waals surface area contributed by atoms with Gasteiger partial charge in [0.25, 0.3) is 0 Å². The molecule has 1 aliphatic heterocycles. The second-order valence-electron chi connectivity index (χ2n) is 7.77. The van der Waals surface area contributed by atoms with Crippen LogP contribution in [-0.2, 0) is 6.54 Å². The summed E-state index contributed by atoms with van der Waals surface area (Å²) >= 11 is 0. The quantitative estimate of drug-likeness (QED) is 0.392. The first-order chi connectivity index (χ1) is 12.3. The largest absolute Gasteiger partial charge is 1.00 e. The standard InChI is InChI=1S/C23H39N2.ClH/c1-3-4-5-6-7-8-9-10-11-15-18-24-19-20-25(22(24)2)21-23-16-13-12-14-17-23;/h12-14,16-17H,3-11,15,18-21H2,1-2H3;1H/q+1;. The number of benzene rings is 1. The molecular weight excluding hydrogens is 340 g/mol. The van der Waals surface area contributed by atoms with E-state index >= 15 is 0 Å². The summed E-state index contributed by atoms with van der Waals surface area (Å²) in [5.41, 5.74) is 1.46.